The largest absolute Gasteiger partial charge is 0.497 e. The lowest BCUT2D eigenvalue weighted by molar-refractivity contribution is -0.0699. The standard InChI is InChI=1S/C17H28N2O2/c1-5-18-17(15-6-8-16(20-4)9-7-15)12-19-10-13(2)21-14(3)11-19/h6-9,13-14,17-18H,5,10-12H2,1-4H3/t13-,14+,17?. The first-order valence-corrected chi connectivity index (χ1v) is 7.87. The Kier molecular flexibility index (Phi) is 6.03. The molecule has 0 spiro atoms. The van der Waals surface area contributed by atoms with E-state index in [0.29, 0.717) is 18.2 Å². The molecule has 0 aromatic heterocycles. The van der Waals surface area contributed by atoms with E-state index < -0.39 is 0 Å². The van der Waals surface area contributed by atoms with Gasteiger partial charge < -0.3 is 14.8 Å². The van der Waals surface area contributed by atoms with E-state index in [-0.39, 0.29) is 0 Å². The summed E-state index contributed by atoms with van der Waals surface area (Å²) in [6.45, 7) is 10.4. The van der Waals surface area contributed by atoms with Crippen molar-refractivity contribution in [1.29, 1.82) is 0 Å². The van der Waals surface area contributed by atoms with Gasteiger partial charge in [0.2, 0.25) is 0 Å². The molecule has 1 saturated heterocycles. The number of benzene rings is 1. The van der Waals surface area contributed by atoms with Crippen LogP contribution in [0.1, 0.15) is 32.4 Å². The maximum atomic E-state index is 5.82. The van der Waals surface area contributed by atoms with Gasteiger partial charge in [-0.25, -0.2) is 0 Å². The lowest BCUT2D eigenvalue weighted by Crippen LogP contribution is -2.48. The van der Waals surface area contributed by atoms with Crippen molar-refractivity contribution in [2.45, 2.75) is 39.0 Å². The summed E-state index contributed by atoms with van der Waals surface area (Å²) in [4.78, 5) is 2.50. The first-order chi connectivity index (χ1) is 10.1. The van der Waals surface area contributed by atoms with Gasteiger partial charge in [-0.05, 0) is 38.1 Å². The highest BCUT2D eigenvalue weighted by Crippen LogP contribution is 2.20. The molecule has 0 aliphatic carbocycles. The van der Waals surface area contributed by atoms with Crippen molar-refractivity contribution in [2.75, 3.05) is 33.3 Å². The number of nitrogens with zero attached hydrogens (tertiary/aromatic N) is 1. The van der Waals surface area contributed by atoms with Crippen LogP contribution in [0.25, 0.3) is 0 Å². The monoisotopic (exact) mass is 292 g/mol. The first kappa shape index (κ1) is 16.3. The fraction of sp³-hybridized carbons (Fsp3) is 0.647. The molecule has 0 radical (unpaired) electrons. The zero-order valence-electron chi connectivity index (χ0n) is 13.6. The van der Waals surface area contributed by atoms with E-state index in [1.165, 1.54) is 5.56 Å². The lowest BCUT2D eigenvalue weighted by atomic mass is 10.0. The van der Waals surface area contributed by atoms with Gasteiger partial charge >= 0.3 is 0 Å². The van der Waals surface area contributed by atoms with Crippen LogP contribution in [0.3, 0.4) is 0 Å². The average Bonchev–Trinajstić information content (AvgIpc) is 2.46. The molecule has 4 heteroatoms. The van der Waals surface area contributed by atoms with E-state index in [1.807, 2.05) is 12.1 Å². The molecule has 21 heavy (non-hydrogen) atoms. The minimum absolute atomic E-state index is 0.312. The summed E-state index contributed by atoms with van der Waals surface area (Å²) in [5.74, 6) is 0.905. The van der Waals surface area contributed by atoms with Crippen LogP contribution in [0.2, 0.25) is 0 Å². The summed E-state index contributed by atoms with van der Waals surface area (Å²) in [6.07, 6.45) is 0.624. The molecule has 1 N–H and O–H groups in total. The summed E-state index contributed by atoms with van der Waals surface area (Å²) in [5.41, 5.74) is 1.31. The van der Waals surface area contributed by atoms with Crippen LogP contribution >= 0.6 is 0 Å². The van der Waals surface area contributed by atoms with Crippen LogP contribution in [-0.2, 0) is 4.74 Å². The van der Waals surface area contributed by atoms with E-state index in [4.69, 9.17) is 9.47 Å². The van der Waals surface area contributed by atoms with Crippen LogP contribution in [0.15, 0.2) is 24.3 Å². The van der Waals surface area contributed by atoms with Crippen molar-refractivity contribution in [3.05, 3.63) is 29.8 Å². The number of morpholine rings is 1. The Morgan fingerprint density at radius 3 is 2.38 bits per heavy atom. The maximum Gasteiger partial charge on any atom is 0.118 e. The zero-order chi connectivity index (χ0) is 15.2. The Hall–Kier alpha value is -1.10. The van der Waals surface area contributed by atoms with Gasteiger partial charge in [-0.1, -0.05) is 19.1 Å². The second-order valence-corrected chi connectivity index (χ2v) is 5.86. The molecule has 0 saturated carbocycles. The number of ether oxygens (including phenoxy) is 2. The van der Waals surface area contributed by atoms with Crippen LogP contribution in [-0.4, -0.2) is 50.4 Å². The molecule has 0 amide bonds. The van der Waals surface area contributed by atoms with Crippen molar-refractivity contribution < 1.29 is 9.47 Å². The molecule has 1 aliphatic heterocycles. The number of likely N-dealkylation sites (N-methyl/N-ethyl adjacent to an activating group) is 1. The quantitative estimate of drug-likeness (QED) is 0.873. The molecule has 1 heterocycles. The molecule has 3 atom stereocenters. The summed E-state index contributed by atoms with van der Waals surface area (Å²) < 4.78 is 11.1. The van der Waals surface area contributed by atoms with Crippen LogP contribution in [0.5, 0.6) is 5.75 Å². The summed E-state index contributed by atoms with van der Waals surface area (Å²) >= 11 is 0. The highest BCUT2D eigenvalue weighted by molar-refractivity contribution is 5.29. The Labute approximate surface area is 128 Å². The topological polar surface area (TPSA) is 33.7 Å². The molecular formula is C17H28N2O2. The highest BCUT2D eigenvalue weighted by atomic mass is 16.5. The van der Waals surface area contributed by atoms with E-state index in [0.717, 1.165) is 31.9 Å². The number of rotatable bonds is 6. The number of hydrogen-bond donors (Lipinski definition) is 1. The minimum Gasteiger partial charge on any atom is -0.497 e. The Morgan fingerprint density at radius 1 is 1.24 bits per heavy atom. The first-order valence-electron chi connectivity index (χ1n) is 7.87. The van der Waals surface area contributed by atoms with Gasteiger partial charge in [-0.2, -0.15) is 0 Å². The van der Waals surface area contributed by atoms with Crippen LogP contribution < -0.4 is 10.1 Å². The Morgan fingerprint density at radius 2 is 1.86 bits per heavy atom. The second-order valence-electron chi connectivity index (χ2n) is 5.86. The summed E-state index contributed by atoms with van der Waals surface area (Å²) in [7, 11) is 1.70. The number of methoxy groups -OCH3 is 1. The van der Waals surface area contributed by atoms with Crippen molar-refractivity contribution in [3.8, 4) is 5.75 Å². The highest BCUT2D eigenvalue weighted by Gasteiger charge is 2.24. The molecule has 2 rings (SSSR count). The smallest absolute Gasteiger partial charge is 0.118 e. The van der Waals surface area contributed by atoms with Gasteiger partial charge in [-0.15, -0.1) is 0 Å². The van der Waals surface area contributed by atoms with Gasteiger partial charge in [0, 0.05) is 25.7 Å². The molecule has 4 nitrogen and oxygen atoms in total. The van der Waals surface area contributed by atoms with Gasteiger partial charge in [-0.3, -0.25) is 4.90 Å². The van der Waals surface area contributed by atoms with E-state index in [1.54, 1.807) is 7.11 Å². The van der Waals surface area contributed by atoms with Gasteiger partial charge in [0.25, 0.3) is 0 Å². The van der Waals surface area contributed by atoms with Gasteiger partial charge in [0.15, 0.2) is 0 Å². The molecule has 1 unspecified atom stereocenters. The molecule has 0 bridgehead atoms. The SMILES string of the molecule is CCNC(CN1C[C@@H](C)O[C@@H](C)C1)c1ccc(OC)cc1. The fourth-order valence-electron chi connectivity index (χ4n) is 3.06. The number of nitrogens with one attached hydrogen (secondary N) is 1. The summed E-state index contributed by atoms with van der Waals surface area (Å²) in [6, 6.07) is 8.71. The molecule has 118 valence electrons. The third-order valence-corrected chi connectivity index (χ3v) is 3.90. The lowest BCUT2D eigenvalue weighted by Gasteiger charge is -2.37. The van der Waals surface area contributed by atoms with Gasteiger partial charge in [0.05, 0.1) is 19.3 Å². The van der Waals surface area contributed by atoms with Gasteiger partial charge in [0.1, 0.15) is 5.75 Å². The third-order valence-electron chi connectivity index (χ3n) is 3.90. The Balaban J connectivity index is 2.03. The molecule has 1 fully saturated rings. The predicted molar refractivity (Wildman–Crippen MR) is 85.9 cm³/mol. The van der Waals surface area contributed by atoms with E-state index in [2.05, 4.69) is 43.1 Å². The molecule has 1 aromatic rings. The van der Waals surface area contributed by atoms with Crippen molar-refractivity contribution in [2.24, 2.45) is 0 Å². The number of hydrogen-bond acceptors (Lipinski definition) is 4. The Bertz CT molecular complexity index is 411. The van der Waals surface area contributed by atoms with E-state index in [9.17, 15) is 0 Å². The molecular weight excluding hydrogens is 264 g/mol. The van der Waals surface area contributed by atoms with Crippen LogP contribution in [0.4, 0.5) is 0 Å². The molecule has 1 aromatic carbocycles. The maximum absolute atomic E-state index is 5.82. The minimum atomic E-state index is 0.312. The normalized spacial score (nSPS) is 24.8. The van der Waals surface area contributed by atoms with Crippen LogP contribution in [0, 0.1) is 0 Å². The van der Waals surface area contributed by atoms with Crippen molar-refractivity contribution in [3.63, 3.8) is 0 Å². The fourth-order valence-corrected chi connectivity index (χ4v) is 3.06. The third kappa shape index (κ3) is 4.70. The average molecular weight is 292 g/mol. The van der Waals surface area contributed by atoms with Crippen molar-refractivity contribution >= 4 is 0 Å². The molecule has 1 aliphatic rings. The van der Waals surface area contributed by atoms with E-state index >= 15 is 0 Å². The second kappa shape index (κ2) is 7.78. The predicted octanol–water partition coefficient (Wildman–Crippen LogP) is 2.46. The zero-order valence-corrected chi connectivity index (χ0v) is 13.6. The van der Waals surface area contributed by atoms with Crippen molar-refractivity contribution in [1.82, 2.24) is 10.2 Å². The summed E-state index contributed by atoms with van der Waals surface area (Å²) in [5, 5.41) is 3.59.